The van der Waals surface area contributed by atoms with Crippen molar-refractivity contribution >= 4 is 31.0 Å². The summed E-state index contributed by atoms with van der Waals surface area (Å²) in [7, 11) is -8.10. The lowest BCUT2D eigenvalue weighted by Gasteiger charge is -1.99. The highest BCUT2D eigenvalue weighted by Crippen LogP contribution is 2.18. The van der Waals surface area contributed by atoms with Gasteiger partial charge in [0.2, 0.25) is 0 Å². The summed E-state index contributed by atoms with van der Waals surface area (Å²) in [5, 5.41) is 1.74. The maximum Gasteiger partial charge on any atom is 0.294 e. The second kappa shape index (κ2) is 12.2. The second-order valence-electron chi connectivity index (χ2n) is 4.77. The highest BCUT2D eigenvalue weighted by molar-refractivity contribution is 7.86. The highest BCUT2D eigenvalue weighted by Gasteiger charge is 2.09. The summed E-state index contributed by atoms with van der Waals surface area (Å²) in [6.07, 6.45) is 0. The predicted molar refractivity (Wildman–Crippen MR) is 113 cm³/mol. The third-order valence-corrected chi connectivity index (χ3v) is 4.78. The first kappa shape index (κ1) is 25.7. The normalized spacial score (nSPS) is 10.4. The molecule has 2 N–H and O–H groups in total. The number of hydrogen-bond donors (Lipinski definition) is 2. The zero-order chi connectivity index (χ0) is 21.8. The Morgan fingerprint density at radius 3 is 1.39 bits per heavy atom. The van der Waals surface area contributed by atoms with Gasteiger partial charge >= 0.3 is 0 Å². The van der Waals surface area contributed by atoms with E-state index in [1.807, 2.05) is 45.9 Å². The molecular weight excluding hydrogens is 400 g/mol. The van der Waals surface area contributed by atoms with Crippen molar-refractivity contribution in [2.45, 2.75) is 37.5 Å². The molecule has 0 radical (unpaired) electrons. The topological polar surface area (TPSA) is 109 Å². The van der Waals surface area contributed by atoms with Crippen molar-refractivity contribution in [2.24, 2.45) is 0 Å². The quantitative estimate of drug-likeness (QED) is 0.554. The molecule has 6 nitrogen and oxygen atoms in total. The van der Waals surface area contributed by atoms with Gasteiger partial charge in [-0.3, -0.25) is 9.11 Å². The third-order valence-electron chi connectivity index (χ3n) is 3.06. The summed E-state index contributed by atoms with van der Waals surface area (Å²) < 4.78 is 59.7. The lowest BCUT2D eigenvalue weighted by Crippen LogP contribution is -1.97. The lowest BCUT2D eigenvalue weighted by molar-refractivity contribution is 0.481. The average molecular weight is 427 g/mol. The summed E-state index contributed by atoms with van der Waals surface area (Å²) in [6, 6.07) is 19.3. The molecular formula is C20H26O6S2. The van der Waals surface area contributed by atoms with Crippen molar-refractivity contribution in [3.05, 3.63) is 72.8 Å². The number of benzene rings is 3. The van der Waals surface area contributed by atoms with Crippen LogP contribution in [0.2, 0.25) is 0 Å². The van der Waals surface area contributed by atoms with E-state index < -0.39 is 20.2 Å². The molecule has 0 spiro atoms. The van der Waals surface area contributed by atoms with Crippen molar-refractivity contribution in [1.82, 2.24) is 0 Å². The van der Waals surface area contributed by atoms with Gasteiger partial charge in [0.1, 0.15) is 0 Å². The van der Waals surface area contributed by atoms with E-state index in [1.54, 1.807) is 30.3 Å². The van der Waals surface area contributed by atoms with Crippen LogP contribution in [0.1, 0.15) is 27.7 Å². The Balaban J connectivity index is 0.000000460. The van der Waals surface area contributed by atoms with Crippen LogP contribution in [0.25, 0.3) is 10.8 Å². The molecule has 0 heterocycles. The Morgan fingerprint density at radius 1 is 0.536 bits per heavy atom. The van der Waals surface area contributed by atoms with Crippen LogP contribution in [-0.4, -0.2) is 25.9 Å². The van der Waals surface area contributed by atoms with Gasteiger partial charge in [0.05, 0.1) is 9.79 Å². The molecule has 0 atom stereocenters. The van der Waals surface area contributed by atoms with E-state index in [9.17, 15) is 16.8 Å². The van der Waals surface area contributed by atoms with E-state index >= 15 is 0 Å². The van der Waals surface area contributed by atoms with Gasteiger partial charge in [-0.1, -0.05) is 76.2 Å². The first-order valence-corrected chi connectivity index (χ1v) is 11.5. The monoisotopic (exact) mass is 426 g/mol. The third kappa shape index (κ3) is 8.62. The molecule has 0 aliphatic rings. The zero-order valence-electron chi connectivity index (χ0n) is 16.3. The SMILES string of the molecule is CC.CC.O=S(=O)(O)c1ccc2ccccc2c1.O=S(=O)(O)c1ccccc1. The van der Waals surface area contributed by atoms with Crippen LogP contribution in [0.5, 0.6) is 0 Å². The minimum absolute atomic E-state index is 0.0730. The molecule has 154 valence electrons. The van der Waals surface area contributed by atoms with E-state index in [-0.39, 0.29) is 9.79 Å². The molecule has 8 heteroatoms. The molecule has 0 saturated carbocycles. The number of fused-ring (bicyclic) bond motifs is 1. The first-order valence-electron chi connectivity index (χ1n) is 8.67. The smallest absolute Gasteiger partial charge is 0.282 e. The van der Waals surface area contributed by atoms with Gasteiger partial charge in [-0.15, -0.1) is 0 Å². The van der Waals surface area contributed by atoms with Gasteiger partial charge in [0, 0.05) is 0 Å². The Labute approximate surface area is 167 Å². The van der Waals surface area contributed by atoms with Crippen molar-refractivity contribution in [3.63, 3.8) is 0 Å². The second-order valence-corrected chi connectivity index (χ2v) is 7.62. The van der Waals surface area contributed by atoms with Crippen LogP contribution >= 0.6 is 0 Å². The fourth-order valence-electron chi connectivity index (χ4n) is 1.92. The molecule has 3 rings (SSSR count). The number of hydrogen-bond acceptors (Lipinski definition) is 4. The number of rotatable bonds is 2. The molecule has 0 unspecified atom stereocenters. The maximum atomic E-state index is 10.8. The zero-order valence-corrected chi connectivity index (χ0v) is 17.9. The van der Waals surface area contributed by atoms with Gasteiger partial charge in [-0.25, -0.2) is 0 Å². The predicted octanol–water partition coefficient (Wildman–Crippen LogP) is 5.07. The van der Waals surface area contributed by atoms with E-state index in [1.165, 1.54) is 24.3 Å². The van der Waals surface area contributed by atoms with Crippen molar-refractivity contribution in [3.8, 4) is 0 Å². The molecule has 0 aromatic heterocycles. The standard InChI is InChI=1S/C10H8O3S.C6H6O3S.2C2H6/c11-14(12,13)10-6-5-8-3-1-2-4-9(8)7-10;7-10(8,9)6-4-2-1-3-5-6;2*1-2/h1-7H,(H,11,12,13);1-5H,(H,7,8,9);2*1-2H3. The maximum absolute atomic E-state index is 10.8. The van der Waals surface area contributed by atoms with Crippen LogP contribution in [0.3, 0.4) is 0 Å². The van der Waals surface area contributed by atoms with Crippen molar-refractivity contribution in [2.75, 3.05) is 0 Å². The molecule has 28 heavy (non-hydrogen) atoms. The van der Waals surface area contributed by atoms with Gasteiger partial charge in [-0.05, 0) is 35.0 Å². The van der Waals surface area contributed by atoms with Crippen LogP contribution in [0, 0.1) is 0 Å². The molecule has 0 bridgehead atoms. The van der Waals surface area contributed by atoms with Crippen LogP contribution in [-0.2, 0) is 20.2 Å². The first-order chi connectivity index (χ1) is 13.2. The summed E-state index contributed by atoms with van der Waals surface area (Å²) in [5.74, 6) is 0. The van der Waals surface area contributed by atoms with Gasteiger partial charge < -0.3 is 0 Å². The molecule has 0 aliphatic heterocycles. The Hall–Kier alpha value is -2.26. The molecule has 0 saturated heterocycles. The molecule has 0 aliphatic carbocycles. The fourth-order valence-corrected chi connectivity index (χ4v) is 2.94. The average Bonchev–Trinajstić information content (AvgIpc) is 2.70. The summed E-state index contributed by atoms with van der Waals surface area (Å²) >= 11 is 0. The summed E-state index contributed by atoms with van der Waals surface area (Å²) in [6.45, 7) is 8.00. The van der Waals surface area contributed by atoms with E-state index in [0.29, 0.717) is 0 Å². The Morgan fingerprint density at radius 2 is 0.964 bits per heavy atom. The lowest BCUT2D eigenvalue weighted by atomic mass is 10.1. The van der Waals surface area contributed by atoms with E-state index in [0.717, 1.165) is 10.8 Å². The fraction of sp³-hybridized carbons (Fsp3) is 0.200. The molecule has 0 fully saturated rings. The van der Waals surface area contributed by atoms with E-state index in [2.05, 4.69) is 0 Å². The van der Waals surface area contributed by atoms with Gasteiger partial charge in [-0.2, -0.15) is 16.8 Å². The Kier molecular flexibility index (Phi) is 11.3. The van der Waals surface area contributed by atoms with Gasteiger partial charge in [0.15, 0.2) is 0 Å². The summed E-state index contributed by atoms with van der Waals surface area (Å²) in [4.78, 5) is -0.147. The van der Waals surface area contributed by atoms with Crippen LogP contribution < -0.4 is 0 Å². The minimum atomic E-state index is -4.09. The summed E-state index contributed by atoms with van der Waals surface area (Å²) in [5.41, 5.74) is 0. The van der Waals surface area contributed by atoms with Crippen molar-refractivity contribution < 1.29 is 25.9 Å². The van der Waals surface area contributed by atoms with Crippen LogP contribution in [0.4, 0.5) is 0 Å². The Bertz CT molecular complexity index is 1040. The minimum Gasteiger partial charge on any atom is -0.282 e. The molecule has 3 aromatic rings. The van der Waals surface area contributed by atoms with Crippen LogP contribution in [0.15, 0.2) is 82.6 Å². The molecule has 0 amide bonds. The van der Waals surface area contributed by atoms with Crippen molar-refractivity contribution in [1.29, 1.82) is 0 Å². The van der Waals surface area contributed by atoms with E-state index in [4.69, 9.17) is 9.11 Å². The largest absolute Gasteiger partial charge is 0.294 e. The molecule has 3 aromatic carbocycles. The van der Waals surface area contributed by atoms with Gasteiger partial charge in [0.25, 0.3) is 20.2 Å². The highest BCUT2D eigenvalue weighted by atomic mass is 32.2.